The highest BCUT2D eigenvalue weighted by Crippen LogP contribution is 2.24. The van der Waals surface area contributed by atoms with Crippen LogP contribution in [0.1, 0.15) is 10.6 Å². The quantitative estimate of drug-likeness (QED) is 0.731. The van der Waals surface area contributed by atoms with Gasteiger partial charge in [-0.25, -0.2) is 0 Å². The van der Waals surface area contributed by atoms with Crippen LogP contribution in [0.25, 0.3) is 0 Å². The maximum Gasteiger partial charge on any atom is 0.292 e. The van der Waals surface area contributed by atoms with Gasteiger partial charge < -0.3 is 15.1 Å². The van der Waals surface area contributed by atoms with Crippen LogP contribution in [0.2, 0.25) is 10.0 Å². The van der Waals surface area contributed by atoms with E-state index in [1.165, 1.54) is 6.26 Å². The molecule has 1 aromatic carbocycles. The minimum Gasteiger partial charge on any atom is -0.459 e. The number of amides is 1. The van der Waals surface area contributed by atoms with Gasteiger partial charge in [-0.05, 0) is 42.5 Å². The standard InChI is InChI=1S/C15H10Cl2N4O2/c16-9-6-10(17)8-11(7-9)18-13-3-4-14(21-20-13)19-15(22)12-2-1-5-23-12/h1-8H,(H,18,20)(H,19,21,22). The number of anilines is 3. The zero-order valence-electron chi connectivity index (χ0n) is 11.6. The summed E-state index contributed by atoms with van der Waals surface area (Å²) in [6.45, 7) is 0. The van der Waals surface area contributed by atoms with Crippen LogP contribution in [0.15, 0.2) is 53.1 Å². The summed E-state index contributed by atoms with van der Waals surface area (Å²) in [5.74, 6) is 0.592. The zero-order chi connectivity index (χ0) is 16.2. The van der Waals surface area contributed by atoms with E-state index in [-0.39, 0.29) is 5.76 Å². The highest BCUT2D eigenvalue weighted by Gasteiger charge is 2.09. The summed E-state index contributed by atoms with van der Waals surface area (Å²) in [6.07, 6.45) is 1.42. The van der Waals surface area contributed by atoms with Gasteiger partial charge in [0.2, 0.25) is 0 Å². The number of hydrogen-bond acceptors (Lipinski definition) is 5. The van der Waals surface area contributed by atoms with Crippen molar-refractivity contribution in [3.05, 3.63) is 64.5 Å². The number of furan rings is 1. The molecule has 0 aliphatic heterocycles. The number of benzene rings is 1. The summed E-state index contributed by atoms with van der Waals surface area (Å²) in [7, 11) is 0. The van der Waals surface area contributed by atoms with E-state index in [2.05, 4.69) is 20.8 Å². The fourth-order valence-corrected chi connectivity index (χ4v) is 2.35. The largest absolute Gasteiger partial charge is 0.459 e. The molecule has 0 saturated carbocycles. The molecule has 0 saturated heterocycles. The van der Waals surface area contributed by atoms with Gasteiger partial charge in [-0.1, -0.05) is 23.2 Å². The van der Waals surface area contributed by atoms with Gasteiger partial charge in [-0.3, -0.25) is 4.79 Å². The average Bonchev–Trinajstić information content (AvgIpc) is 3.02. The number of carbonyl (C=O) groups excluding carboxylic acids is 1. The SMILES string of the molecule is O=C(Nc1ccc(Nc2cc(Cl)cc(Cl)c2)nn1)c1ccco1. The molecule has 0 atom stereocenters. The Labute approximate surface area is 141 Å². The van der Waals surface area contributed by atoms with E-state index in [1.54, 1.807) is 42.5 Å². The molecule has 0 aliphatic carbocycles. The smallest absolute Gasteiger partial charge is 0.292 e. The molecule has 23 heavy (non-hydrogen) atoms. The molecule has 0 aliphatic rings. The Morgan fingerprint density at radius 3 is 2.30 bits per heavy atom. The fraction of sp³-hybridized carbons (Fsp3) is 0. The lowest BCUT2D eigenvalue weighted by atomic mass is 10.3. The number of hydrogen-bond donors (Lipinski definition) is 2. The predicted molar refractivity (Wildman–Crippen MR) is 88.4 cm³/mol. The molecule has 0 fully saturated rings. The van der Waals surface area contributed by atoms with Crippen LogP contribution in [-0.4, -0.2) is 16.1 Å². The molecule has 2 N–H and O–H groups in total. The van der Waals surface area contributed by atoms with E-state index in [9.17, 15) is 4.79 Å². The molecule has 8 heteroatoms. The lowest BCUT2D eigenvalue weighted by molar-refractivity contribution is 0.0996. The number of nitrogens with one attached hydrogen (secondary N) is 2. The van der Waals surface area contributed by atoms with Crippen LogP contribution in [0, 0.1) is 0 Å². The van der Waals surface area contributed by atoms with Crippen LogP contribution in [0.4, 0.5) is 17.3 Å². The summed E-state index contributed by atoms with van der Waals surface area (Å²) in [6, 6.07) is 11.5. The first-order chi connectivity index (χ1) is 11.1. The van der Waals surface area contributed by atoms with Crippen molar-refractivity contribution in [1.29, 1.82) is 0 Å². The molecule has 2 aromatic heterocycles. The second-order valence-electron chi connectivity index (χ2n) is 4.52. The van der Waals surface area contributed by atoms with E-state index in [0.717, 1.165) is 0 Å². The molecule has 0 spiro atoms. The van der Waals surface area contributed by atoms with Gasteiger partial charge in [0.25, 0.3) is 5.91 Å². The molecule has 116 valence electrons. The maximum atomic E-state index is 11.8. The Hall–Kier alpha value is -2.57. The zero-order valence-corrected chi connectivity index (χ0v) is 13.1. The molecule has 6 nitrogen and oxygen atoms in total. The van der Waals surface area contributed by atoms with Gasteiger partial charge in [-0.15, -0.1) is 10.2 Å². The van der Waals surface area contributed by atoms with Crippen molar-refractivity contribution < 1.29 is 9.21 Å². The normalized spacial score (nSPS) is 10.3. The van der Waals surface area contributed by atoms with E-state index in [0.29, 0.717) is 27.4 Å². The average molecular weight is 349 g/mol. The molecule has 0 bridgehead atoms. The van der Waals surface area contributed by atoms with E-state index in [4.69, 9.17) is 27.6 Å². The third kappa shape index (κ3) is 4.00. The Bertz CT molecular complexity index is 800. The van der Waals surface area contributed by atoms with Crippen LogP contribution >= 0.6 is 23.2 Å². The number of rotatable bonds is 4. The highest BCUT2D eigenvalue weighted by atomic mass is 35.5. The van der Waals surface area contributed by atoms with Crippen molar-refractivity contribution in [3.8, 4) is 0 Å². The van der Waals surface area contributed by atoms with E-state index >= 15 is 0 Å². The minimum absolute atomic E-state index is 0.197. The third-order valence-electron chi connectivity index (χ3n) is 2.79. The second-order valence-corrected chi connectivity index (χ2v) is 5.39. The van der Waals surface area contributed by atoms with E-state index in [1.807, 2.05) is 0 Å². The van der Waals surface area contributed by atoms with Crippen molar-refractivity contribution in [1.82, 2.24) is 10.2 Å². The fourth-order valence-electron chi connectivity index (χ4n) is 1.83. The lowest BCUT2D eigenvalue weighted by Gasteiger charge is -2.07. The van der Waals surface area contributed by atoms with Gasteiger partial charge in [0.05, 0.1) is 6.26 Å². The summed E-state index contributed by atoms with van der Waals surface area (Å²) in [5.41, 5.74) is 0.684. The topological polar surface area (TPSA) is 80.0 Å². The second kappa shape index (κ2) is 6.68. The first-order valence-corrected chi connectivity index (χ1v) is 7.27. The summed E-state index contributed by atoms with van der Waals surface area (Å²) in [4.78, 5) is 11.8. The molecular formula is C15H10Cl2N4O2. The van der Waals surface area contributed by atoms with Gasteiger partial charge in [0, 0.05) is 15.7 Å². The summed E-state index contributed by atoms with van der Waals surface area (Å²) >= 11 is 11.9. The molecule has 3 aromatic rings. The van der Waals surface area contributed by atoms with Crippen molar-refractivity contribution in [3.63, 3.8) is 0 Å². The lowest BCUT2D eigenvalue weighted by Crippen LogP contribution is -2.12. The monoisotopic (exact) mass is 348 g/mol. The van der Waals surface area contributed by atoms with Gasteiger partial charge in [0.1, 0.15) is 0 Å². The first kappa shape index (κ1) is 15.3. The predicted octanol–water partition coefficient (Wildman–Crippen LogP) is 4.37. The van der Waals surface area contributed by atoms with Gasteiger partial charge in [-0.2, -0.15) is 0 Å². The molecule has 0 unspecified atom stereocenters. The van der Waals surface area contributed by atoms with Crippen molar-refractivity contribution in [2.24, 2.45) is 0 Å². The van der Waals surface area contributed by atoms with E-state index < -0.39 is 5.91 Å². The van der Waals surface area contributed by atoms with Crippen molar-refractivity contribution in [2.75, 3.05) is 10.6 Å². The van der Waals surface area contributed by atoms with Crippen LogP contribution in [0.3, 0.4) is 0 Å². The van der Waals surface area contributed by atoms with Crippen molar-refractivity contribution in [2.45, 2.75) is 0 Å². The third-order valence-corrected chi connectivity index (χ3v) is 3.22. The molecule has 0 radical (unpaired) electrons. The number of aromatic nitrogens is 2. The Morgan fingerprint density at radius 1 is 1.00 bits per heavy atom. The molecular weight excluding hydrogens is 339 g/mol. The van der Waals surface area contributed by atoms with Crippen molar-refractivity contribution >= 4 is 46.4 Å². The summed E-state index contributed by atoms with van der Waals surface area (Å²) < 4.78 is 5.00. The Balaban J connectivity index is 1.68. The number of nitrogens with zero attached hydrogens (tertiary/aromatic N) is 2. The van der Waals surface area contributed by atoms with Gasteiger partial charge >= 0.3 is 0 Å². The highest BCUT2D eigenvalue weighted by molar-refractivity contribution is 6.35. The Morgan fingerprint density at radius 2 is 1.70 bits per heavy atom. The minimum atomic E-state index is -0.397. The van der Waals surface area contributed by atoms with Crippen LogP contribution in [-0.2, 0) is 0 Å². The summed E-state index contributed by atoms with van der Waals surface area (Å²) in [5, 5.41) is 14.5. The van der Waals surface area contributed by atoms with Crippen LogP contribution in [0.5, 0.6) is 0 Å². The number of carbonyl (C=O) groups is 1. The number of halogens is 2. The Kier molecular flexibility index (Phi) is 4.45. The van der Waals surface area contributed by atoms with Crippen LogP contribution < -0.4 is 10.6 Å². The van der Waals surface area contributed by atoms with Gasteiger partial charge in [0.15, 0.2) is 17.4 Å². The molecule has 1 amide bonds. The maximum absolute atomic E-state index is 11.8. The molecule has 3 rings (SSSR count). The molecule has 2 heterocycles. The first-order valence-electron chi connectivity index (χ1n) is 6.52.